The summed E-state index contributed by atoms with van der Waals surface area (Å²) < 4.78 is 31.6. The van der Waals surface area contributed by atoms with E-state index in [9.17, 15) is 18.0 Å². The normalized spacial score (nSPS) is 14.8. The number of hydrogen-bond acceptors (Lipinski definition) is 5. The monoisotopic (exact) mass is 611 g/mol. The molecule has 2 aromatic rings. The van der Waals surface area contributed by atoms with Gasteiger partial charge in [-0.15, -0.1) is 0 Å². The number of ether oxygens (including phenoxy) is 1. The molecule has 0 spiro atoms. The van der Waals surface area contributed by atoms with Crippen molar-refractivity contribution in [3.8, 4) is 5.75 Å². The Morgan fingerprint density at radius 1 is 1.05 bits per heavy atom. The van der Waals surface area contributed by atoms with Gasteiger partial charge in [0.05, 0.1) is 19.1 Å². The summed E-state index contributed by atoms with van der Waals surface area (Å²) in [5, 5.41) is 3.97. The van der Waals surface area contributed by atoms with Crippen LogP contribution in [-0.2, 0) is 26.2 Å². The molecule has 40 heavy (non-hydrogen) atoms. The number of benzene rings is 2. The molecule has 1 aliphatic carbocycles. The first kappa shape index (κ1) is 32.0. The number of amides is 2. The maximum Gasteiger partial charge on any atom is 0.243 e. The highest BCUT2D eigenvalue weighted by Crippen LogP contribution is 2.28. The number of halogens is 2. The third-order valence-corrected chi connectivity index (χ3v) is 9.14. The van der Waals surface area contributed by atoms with Crippen molar-refractivity contribution < 1.29 is 22.7 Å². The highest BCUT2D eigenvalue weighted by atomic mass is 35.5. The lowest BCUT2D eigenvalue weighted by Crippen LogP contribution is -2.51. The van der Waals surface area contributed by atoms with Gasteiger partial charge in [0.25, 0.3) is 0 Å². The quantitative estimate of drug-likeness (QED) is 0.308. The van der Waals surface area contributed by atoms with Crippen LogP contribution in [-0.4, -0.2) is 57.1 Å². The van der Waals surface area contributed by atoms with Crippen molar-refractivity contribution in [2.45, 2.75) is 76.9 Å². The van der Waals surface area contributed by atoms with E-state index < -0.39 is 16.1 Å². The van der Waals surface area contributed by atoms with Crippen molar-refractivity contribution in [3.05, 3.63) is 58.1 Å². The minimum Gasteiger partial charge on any atom is -0.497 e. The fraction of sp³-hybridized carbons (Fsp3) is 0.517. The van der Waals surface area contributed by atoms with Crippen LogP contribution in [0.1, 0.15) is 63.9 Å². The zero-order chi connectivity index (χ0) is 29.3. The molecule has 0 aromatic heterocycles. The molecule has 0 saturated heterocycles. The Hall–Kier alpha value is -2.49. The smallest absolute Gasteiger partial charge is 0.243 e. The van der Waals surface area contributed by atoms with Crippen LogP contribution in [0.15, 0.2) is 42.5 Å². The van der Waals surface area contributed by atoms with E-state index in [1.54, 1.807) is 42.5 Å². The number of rotatable bonds is 13. The topological polar surface area (TPSA) is 96.0 Å². The average Bonchev–Trinajstić information content (AvgIpc) is 2.92. The lowest BCUT2D eigenvalue weighted by atomic mass is 9.95. The molecule has 3 rings (SSSR count). The summed E-state index contributed by atoms with van der Waals surface area (Å²) in [5.74, 6) is 0.144. The molecule has 0 bridgehead atoms. The molecule has 2 aromatic carbocycles. The van der Waals surface area contributed by atoms with Gasteiger partial charge in [0.2, 0.25) is 21.8 Å². The Morgan fingerprint density at radius 3 is 2.23 bits per heavy atom. The lowest BCUT2D eigenvalue weighted by Gasteiger charge is -2.33. The number of nitrogens with zero attached hydrogens (tertiary/aromatic N) is 2. The minimum absolute atomic E-state index is 0.0391. The summed E-state index contributed by atoms with van der Waals surface area (Å²) in [5.41, 5.74) is 1.05. The van der Waals surface area contributed by atoms with Gasteiger partial charge >= 0.3 is 0 Å². The number of nitrogens with one attached hydrogen (secondary N) is 1. The molecule has 1 aliphatic rings. The molecule has 0 radical (unpaired) electrons. The predicted molar refractivity (Wildman–Crippen MR) is 161 cm³/mol. The molecule has 1 atom stereocenters. The number of sulfonamides is 1. The minimum atomic E-state index is -3.60. The summed E-state index contributed by atoms with van der Waals surface area (Å²) in [4.78, 5) is 28.7. The van der Waals surface area contributed by atoms with Gasteiger partial charge in [-0.2, -0.15) is 0 Å². The maximum atomic E-state index is 13.7. The fourth-order valence-corrected chi connectivity index (χ4v) is 6.55. The second-order valence-electron chi connectivity index (χ2n) is 10.1. The van der Waals surface area contributed by atoms with Gasteiger partial charge in [0.15, 0.2) is 0 Å². The van der Waals surface area contributed by atoms with Crippen molar-refractivity contribution >= 4 is 50.7 Å². The van der Waals surface area contributed by atoms with E-state index in [2.05, 4.69) is 5.32 Å². The van der Waals surface area contributed by atoms with Crippen LogP contribution >= 0.6 is 23.2 Å². The molecular formula is C29H39Cl2N3O5S. The van der Waals surface area contributed by atoms with Crippen LogP contribution in [0.3, 0.4) is 0 Å². The molecule has 2 amide bonds. The van der Waals surface area contributed by atoms with Gasteiger partial charge in [-0.05, 0) is 62.1 Å². The first-order chi connectivity index (χ1) is 19.0. The van der Waals surface area contributed by atoms with E-state index in [0.29, 0.717) is 33.5 Å². The molecule has 0 aliphatic heterocycles. The average molecular weight is 613 g/mol. The first-order valence-corrected chi connectivity index (χ1v) is 16.3. The molecule has 8 nitrogen and oxygen atoms in total. The van der Waals surface area contributed by atoms with Gasteiger partial charge in [-0.3, -0.25) is 13.9 Å². The Labute approximate surface area is 248 Å². The van der Waals surface area contributed by atoms with Crippen molar-refractivity contribution in [2.75, 3.05) is 24.2 Å². The molecule has 1 N–H and O–H groups in total. The summed E-state index contributed by atoms with van der Waals surface area (Å²) >= 11 is 12.9. The highest BCUT2D eigenvalue weighted by molar-refractivity contribution is 7.92. The zero-order valence-electron chi connectivity index (χ0n) is 23.4. The van der Waals surface area contributed by atoms with Crippen LogP contribution in [0, 0.1) is 0 Å². The largest absolute Gasteiger partial charge is 0.497 e. The summed E-state index contributed by atoms with van der Waals surface area (Å²) in [7, 11) is -2.06. The van der Waals surface area contributed by atoms with E-state index in [1.165, 1.54) is 22.7 Å². The third-order valence-electron chi connectivity index (χ3n) is 7.24. The standard InChI is InChI=1S/C29H39Cl2N3O5S/c1-4-27(29(36)32-21-10-6-5-7-11-21)33(20-24-25(30)12-8-13-26(24)31)28(35)14-9-19-34(40(3,37)38)22-15-17-23(39-2)18-16-22/h8,12-13,15-18,21,27H,4-7,9-11,14,19-20H2,1-3H3,(H,32,36)/t27-/m1/s1. The van der Waals surface area contributed by atoms with Crippen LogP contribution in [0.5, 0.6) is 5.75 Å². The summed E-state index contributed by atoms with van der Waals surface area (Å²) in [6.07, 6.45) is 7.01. The first-order valence-electron chi connectivity index (χ1n) is 13.7. The second-order valence-corrected chi connectivity index (χ2v) is 12.8. The Morgan fingerprint density at radius 2 is 1.68 bits per heavy atom. The molecule has 11 heteroatoms. The van der Waals surface area contributed by atoms with Crippen molar-refractivity contribution in [3.63, 3.8) is 0 Å². The van der Waals surface area contributed by atoms with Crippen molar-refractivity contribution in [1.29, 1.82) is 0 Å². The Bertz CT molecular complexity index is 1230. The predicted octanol–water partition coefficient (Wildman–Crippen LogP) is 5.80. The van der Waals surface area contributed by atoms with E-state index in [4.69, 9.17) is 27.9 Å². The number of carbonyl (C=O) groups is 2. The maximum absolute atomic E-state index is 13.7. The Kier molecular flexibility index (Phi) is 12.0. The molecular weight excluding hydrogens is 573 g/mol. The van der Waals surface area contributed by atoms with Crippen LogP contribution < -0.4 is 14.4 Å². The molecule has 0 unspecified atom stereocenters. The highest BCUT2D eigenvalue weighted by Gasteiger charge is 2.31. The van der Waals surface area contributed by atoms with Crippen molar-refractivity contribution in [1.82, 2.24) is 10.2 Å². The van der Waals surface area contributed by atoms with Gasteiger partial charge in [-0.25, -0.2) is 8.42 Å². The molecule has 220 valence electrons. The van der Waals surface area contributed by atoms with Crippen LogP contribution in [0.4, 0.5) is 5.69 Å². The third kappa shape index (κ3) is 8.75. The van der Waals surface area contributed by atoms with Gasteiger partial charge in [-0.1, -0.05) is 55.5 Å². The number of carbonyl (C=O) groups excluding carboxylic acids is 2. The van der Waals surface area contributed by atoms with Gasteiger partial charge in [0.1, 0.15) is 11.8 Å². The summed E-state index contributed by atoms with van der Waals surface area (Å²) in [6.45, 7) is 2.04. The Balaban J connectivity index is 1.79. The lowest BCUT2D eigenvalue weighted by molar-refractivity contribution is -0.141. The fourth-order valence-electron chi connectivity index (χ4n) is 5.07. The van der Waals surface area contributed by atoms with E-state index in [0.717, 1.165) is 31.9 Å². The van der Waals surface area contributed by atoms with Crippen LogP contribution in [0.25, 0.3) is 0 Å². The number of anilines is 1. The summed E-state index contributed by atoms with van der Waals surface area (Å²) in [6, 6.07) is 11.2. The van der Waals surface area contributed by atoms with E-state index >= 15 is 0 Å². The zero-order valence-corrected chi connectivity index (χ0v) is 25.7. The van der Waals surface area contributed by atoms with E-state index in [1.807, 2.05) is 6.92 Å². The second kappa shape index (κ2) is 14.9. The van der Waals surface area contributed by atoms with Gasteiger partial charge < -0.3 is 15.0 Å². The SMILES string of the molecule is CC[C@H](C(=O)NC1CCCCC1)N(Cc1c(Cl)cccc1Cl)C(=O)CCCN(c1ccc(OC)cc1)S(C)(=O)=O. The number of hydrogen-bond donors (Lipinski definition) is 1. The van der Waals surface area contributed by atoms with Gasteiger partial charge in [0, 0.05) is 41.2 Å². The van der Waals surface area contributed by atoms with Crippen molar-refractivity contribution in [2.24, 2.45) is 0 Å². The molecule has 0 heterocycles. The van der Waals surface area contributed by atoms with E-state index in [-0.39, 0.29) is 43.8 Å². The molecule has 1 fully saturated rings. The number of methoxy groups -OCH3 is 1. The van der Waals surface area contributed by atoms with Crippen LogP contribution in [0.2, 0.25) is 10.0 Å². The molecule has 1 saturated carbocycles.